The fourth-order valence-corrected chi connectivity index (χ4v) is 4.86. The van der Waals surface area contributed by atoms with Crippen LogP contribution in [0.15, 0.2) is 42.5 Å². The molecule has 2 aromatic rings. The van der Waals surface area contributed by atoms with E-state index in [1.54, 1.807) is 7.11 Å². The van der Waals surface area contributed by atoms with Crippen LogP contribution in [0.3, 0.4) is 0 Å². The number of anilines is 1. The van der Waals surface area contributed by atoms with Crippen LogP contribution in [0.2, 0.25) is 0 Å². The summed E-state index contributed by atoms with van der Waals surface area (Å²) in [4.78, 5) is 7.08. The minimum atomic E-state index is -0.516. The Kier molecular flexibility index (Phi) is 8.00. The van der Waals surface area contributed by atoms with E-state index >= 15 is 0 Å². The van der Waals surface area contributed by atoms with Crippen molar-refractivity contribution in [2.75, 3.05) is 38.3 Å². The van der Waals surface area contributed by atoms with Gasteiger partial charge in [0.1, 0.15) is 11.9 Å². The fraction of sp³-hybridized carbons (Fsp3) is 0.519. The number of benzene rings is 1. The van der Waals surface area contributed by atoms with Crippen molar-refractivity contribution >= 4 is 5.82 Å². The predicted octanol–water partition coefficient (Wildman–Crippen LogP) is 2.50. The first-order valence-electron chi connectivity index (χ1n) is 12.0. The molecule has 1 aliphatic heterocycles. The number of pyridine rings is 1. The zero-order valence-electron chi connectivity index (χ0n) is 19.5. The molecule has 1 aromatic heterocycles. The van der Waals surface area contributed by atoms with Gasteiger partial charge in [-0.15, -0.1) is 0 Å². The van der Waals surface area contributed by atoms with Crippen molar-refractivity contribution in [1.82, 2.24) is 10.3 Å². The second kappa shape index (κ2) is 11.1. The summed E-state index contributed by atoms with van der Waals surface area (Å²) in [6, 6.07) is 14.4. The van der Waals surface area contributed by atoms with Gasteiger partial charge in [-0.05, 0) is 30.5 Å². The summed E-state index contributed by atoms with van der Waals surface area (Å²) in [5.74, 6) is 7.83. The van der Waals surface area contributed by atoms with Crippen LogP contribution in [0.4, 0.5) is 5.82 Å². The van der Waals surface area contributed by atoms with Crippen LogP contribution >= 0.6 is 0 Å². The van der Waals surface area contributed by atoms with Gasteiger partial charge in [0.2, 0.25) is 0 Å². The van der Waals surface area contributed by atoms with Crippen LogP contribution in [0, 0.1) is 11.8 Å². The topological polar surface area (TPSA) is 77.9 Å². The first-order valence-corrected chi connectivity index (χ1v) is 12.0. The molecule has 0 bridgehead atoms. The van der Waals surface area contributed by atoms with Gasteiger partial charge in [0, 0.05) is 38.7 Å². The quantitative estimate of drug-likeness (QED) is 0.564. The molecule has 2 atom stereocenters. The average Bonchev–Trinajstić information content (AvgIpc) is 3.24. The van der Waals surface area contributed by atoms with Gasteiger partial charge in [-0.3, -0.25) is 5.32 Å². The van der Waals surface area contributed by atoms with E-state index in [4.69, 9.17) is 9.72 Å². The van der Waals surface area contributed by atoms with E-state index in [1.807, 2.05) is 24.3 Å². The third-order valence-electron chi connectivity index (χ3n) is 6.76. The molecule has 176 valence electrons. The van der Waals surface area contributed by atoms with E-state index in [2.05, 4.69) is 40.3 Å². The standard InChI is InChI=1S/C27H35N3O3/c1-33-25-20-30(19-24(25)32)26-11-10-22(23(29-26)18-21-8-4-2-5-9-21)12-15-27(28-16-17-31)13-6-3-7-14-27/h2,4-5,8-11,24-25,28,31-32H,3,6-7,13-14,16-20H2,1H3/t24-,25-/m1/s1. The molecule has 1 saturated carbocycles. The molecule has 1 aliphatic carbocycles. The Balaban J connectivity index is 1.65. The highest BCUT2D eigenvalue weighted by Crippen LogP contribution is 2.28. The number of aliphatic hydroxyl groups excluding tert-OH is 2. The Morgan fingerprint density at radius 1 is 1.12 bits per heavy atom. The molecule has 6 nitrogen and oxygen atoms in total. The van der Waals surface area contributed by atoms with Crippen molar-refractivity contribution in [2.45, 2.75) is 56.3 Å². The summed E-state index contributed by atoms with van der Waals surface area (Å²) in [6.07, 6.45) is 5.53. The van der Waals surface area contributed by atoms with E-state index in [0.29, 0.717) is 26.1 Å². The van der Waals surface area contributed by atoms with Gasteiger partial charge in [0.05, 0.1) is 23.9 Å². The van der Waals surface area contributed by atoms with Crippen molar-refractivity contribution in [1.29, 1.82) is 0 Å². The minimum Gasteiger partial charge on any atom is -0.395 e. The lowest BCUT2D eigenvalue weighted by Gasteiger charge is -2.33. The van der Waals surface area contributed by atoms with Gasteiger partial charge in [0.25, 0.3) is 0 Å². The van der Waals surface area contributed by atoms with Gasteiger partial charge in [-0.1, -0.05) is 61.4 Å². The second-order valence-corrected chi connectivity index (χ2v) is 9.12. The number of aliphatic hydroxyl groups is 2. The summed E-state index contributed by atoms with van der Waals surface area (Å²) < 4.78 is 5.41. The molecule has 4 rings (SSSR count). The summed E-state index contributed by atoms with van der Waals surface area (Å²) >= 11 is 0. The molecule has 0 spiro atoms. The molecule has 2 aliphatic rings. The molecule has 0 amide bonds. The first kappa shape index (κ1) is 23.7. The average molecular weight is 450 g/mol. The third kappa shape index (κ3) is 5.93. The van der Waals surface area contributed by atoms with E-state index in [1.165, 1.54) is 12.0 Å². The summed E-state index contributed by atoms with van der Waals surface area (Å²) in [5, 5.41) is 23.1. The number of nitrogens with zero attached hydrogens (tertiary/aromatic N) is 2. The SMILES string of the molecule is CO[C@@H]1CN(c2ccc(C#CC3(NCCO)CCCCC3)c(Cc3ccccc3)n2)C[C@H]1O. The summed E-state index contributed by atoms with van der Waals surface area (Å²) in [7, 11) is 1.64. The number of nitrogens with one attached hydrogen (secondary N) is 1. The van der Waals surface area contributed by atoms with Gasteiger partial charge in [-0.2, -0.15) is 0 Å². The van der Waals surface area contributed by atoms with E-state index in [-0.39, 0.29) is 18.2 Å². The van der Waals surface area contributed by atoms with E-state index < -0.39 is 6.10 Å². The van der Waals surface area contributed by atoms with Crippen LogP contribution in [0.25, 0.3) is 0 Å². The smallest absolute Gasteiger partial charge is 0.129 e. The lowest BCUT2D eigenvalue weighted by molar-refractivity contribution is 0.0217. The highest BCUT2D eigenvalue weighted by molar-refractivity contribution is 5.50. The van der Waals surface area contributed by atoms with Crippen LogP contribution in [-0.4, -0.2) is 66.3 Å². The van der Waals surface area contributed by atoms with Crippen LogP contribution in [0.5, 0.6) is 0 Å². The van der Waals surface area contributed by atoms with Gasteiger partial charge < -0.3 is 19.8 Å². The zero-order valence-corrected chi connectivity index (χ0v) is 19.5. The van der Waals surface area contributed by atoms with Crippen LogP contribution in [-0.2, 0) is 11.2 Å². The predicted molar refractivity (Wildman–Crippen MR) is 130 cm³/mol. The Bertz CT molecular complexity index is 964. The molecule has 33 heavy (non-hydrogen) atoms. The largest absolute Gasteiger partial charge is 0.395 e. The van der Waals surface area contributed by atoms with Crippen molar-refractivity contribution < 1.29 is 14.9 Å². The number of β-amino-alcohol motifs (C(OH)–C–C–N with tert-alkyl or cyclic N) is 2. The summed E-state index contributed by atoms with van der Waals surface area (Å²) in [5.41, 5.74) is 2.82. The van der Waals surface area contributed by atoms with Crippen LogP contribution in [0.1, 0.15) is 48.9 Å². The van der Waals surface area contributed by atoms with E-state index in [0.717, 1.165) is 42.8 Å². The Hall–Kier alpha value is -2.43. The molecule has 2 heterocycles. The van der Waals surface area contributed by atoms with E-state index in [9.17, 15) is 10.2 Å². The van der Waals surface area contributed by atoms with Gasteiger partial charge in [-0.25, -0.2) is 4.98 Å². The minimum absolute atomic E-state index is 0.114. The Morgan fingerprint density at radius 2 is 1.91 bits per heavy atom. The Labute approximate surface area is 197 Å². The molecular weight excluding hydrogens is 414 g/mol. The summed E-state index contributed by atoms with van der Waals surface area (Å²) in [6.45, 7) is 1.80. The number of ether oxygens (including phenoxy) is 1. The highest BCUT2D eigenvalue weighted by Gasteiger charge is 2.32. The number of aromatic nitrogens is 1. The molecular formula is C27H35N3O3. The number of hydrogen-bond donors (Lipinski definition) is 3. The number of methoxy groups -OCH3 is 1. The van der Waals surface area contributed by atoms with Crippen molar-refractivity contribution in [3.05, 3.63) is 59.3 Å². The van der Waals surface area contributed by atoms with Crippen molar-refractivity contribution in [2.24, 2.45) is 0 Å². The monoisotopic (exact) mass is 449 g/mol. The molecule has 1 saturated heterocycles. The normalized spacial score (nSPS) is 22.1. The number of hydrogen-bond acceptors (Lipinski definition) is 6. The van der Waals surface area contributed by atoms with Crippen molar-refractivity contribution in [3.8, 4) is 11.8 Å². The number of rotatable bonds is 7. The maximum Gasteiger partial charge on any atom is 0.129 e. The molecule has 0 radical (unpaired) electrons. The first-order chi connectivity index (χ1) is 16.1. The lowest BCUT2D eigenvalue weighted by atomic mass is 9.82. The second-order valence-electron chi connectivity index (χ2n) is 9.12. The third-order valence-corrected chi connectivity index (χ3v) is 6.76. The zero-order chi connectivity index (χ0) is 23.1. The van der Waals surface area contributed by atoms with Gasteiger partial charge >= 0.3 is 0 Å². The fourth-order valence-electron chi connectivity index (χ4n) is 4.86. The Morgan fingerprint density at radius 3 is 2.61 bits per heavy atom. The molecule has 3 N–H and O–H groups in total. The van der Waals surface area contributed by atoms with Crippen LogP contribution < -0.4 is 10.2 Å². The van der Waals surface area contributed by atoms with Crippen molar-refractivity contribution in [3.63, 3.8) is 0 Å². The van der Waals surface area contributed by atoms with Gasteiger partial charge in [0.15, 0.2) is 0 Å². The highest BCUT2D eigenvalue weighted by atomic mass is 16.5. The molecule has 2 fully saturated rings. The molecule has 0 unspecified atom stereocenters. The molecule has 6 heteroatoms. The lowest BCUT2D eigenvalue weighted by Crippen LogP contribution is -2.46. The maximum atomic E-state index is 10.3. The maximum absolute atomic E-state index is 10.3. The molecule has 1 aromatic carbocycles.